The predicted molar refractivity (Wildman–Crippen MR) is 70.2 cm³/mol. The summed E-state index contributed by atoms with van der Waals surface area (Å²) in [5.41, 5.74) is 1.76. The molecule has 0 heterocycles. The van der Waals surface area contributed by atoms with Crippen LogP contribution < -0.4 is 4.90 Å². The van der Waals surface area contributed by atoms with E-state index in [1.165, 1.54) is 6.07 Å². The maximum Gasteiger partial charge on any atom is 0.148 e. The average Bonchev–Trinajstić information content (AvgIpc) is 2.42. The lowest BCUT2D eigenvalue weighted by atomic mass is 10.2. The van der Waals surface area contributed by atoms with Crippen molar-refractivity contribution in [2.75, 3.05) is 11.4 Å². The maximum atomic E-state index is 14.0. The highest BCUT2D eigenvalue weighted by atomic mass is 19.1. The first-order valence-corrected chi connectivity index (χ1v) is 5.78. The minimum atomic E-state index is -0.375. The molecule has 0 fully saturated rings. The van der Waals surface area contributed by atoms with Crippen LogP contribution in [0.1, 0.15) is 12.5 Å². The molecule has 0 unspecified atom stereocenters. The highest BCUT2D eigenvalue weighted by Crippen LogP contribution is 2.27. The molecule has 0 spiro atoms. The molecule has 3 heteroatoms. The van der Waals surface area contributed by atoms with E-state index in [0.717, 1.165) is 5.69 Å². The van der Waals surface area contributed by atoms with E-state index in [9.17, 15) is 4.39 Å². The topological polar surface area (TPSA) is 27.0 Å². The molecule has 2 nitrogen and oxygen atoms in total. The summed E-state index contributed by atoms with van der Waals surface area (Å²) in [6.07, 6.45) is 0. The second-order valence-electron chi connectivity index (χ2n) is 3.86. The summed E-state index contributed by atoms with van der Waals surface area (Å²) < 4.78 is 14.0. The van der Waals surface area contributed by atoms with Crippen molar-refractivity contribution in [2.45, 2.75) is 6.92 Å². The van der Waals surface area contributed by atoms with Crippen LogP contribution in [0.15, 0.2) is 48.5 Å². The average molecular weight is 240 g/mol. The molecule has 0 aliphatic heterocycles. The van der Waals surface area contributed by atoms with E-state index >= 15 is 0 Å². The molecule has 0 saturated carbocycles. The van der Waals surface area contributed by atoms with Gasteiger partial charge < -0.3 is 4.90 Å². The Morgan fingerprint density at radius 1 is 1.17 bits per heavy atom. The number of para-hydroxylation sites is 1. The van der Waals surface area contributed by atoms with Gasteiger partial charge in [0.05, 0.1) is 17.3 Å². The lowest BCUT2D eigenvalue weighted by Gasteiger charge is -2.23. The standard InChI is InChI=1S/C15H13FN2/c1-2-18(13-6-4-3-5-7-13)15-9-8-12(11-17)10-14(15)16/h3-10H,2H2,1H3. The van der Waals surface area contributed by atoms with Crippen LogP contribution in [0.4, 0.5) is 15.8 Å². The summed E-state index contributed by atoms with van der Waals surface area (Å²) in [5.74, 6) is -0.375. The van der Waals surface area contributed by atoms with Gasteiger partial charge in [-0.05, 0) is 37.3 Å². The molecule has 0 aliphatic rings. The number of anilines is 2. The van der Waals surface area contributed by atoms with Crippen LogP contribution in [0.2, 0.25) is 0 Å². The van der Waals surface area contributed by atoms with Gasteiger partial charge in [0, 0.05) is 12.2 Å². The van der Waals surface area contributed by atoms with Crippen LogP contribution in [0.3, 0.4) is 0 Å². The van der Waals surface area contributed by atoms with Gasteiger partial charge in [-0.2, -0.15) is 5.26 Å². The van der Waals surface area contributed by atoms with Crippen molar-refractivity contribution in [1.82, 2.24) is 0 Å². The molecule has 0 N–H and O–H groups in total. The first-order chi connectivity index (χ1) is 8.76. The largest absolute Gasteiger partial charge is 0.339 e. The Hall–Kier alpha value is -2.34. The Balaban J connectivity index is 2.43. The first kappa shape index (κ1) is 12.1. The van der Waals surface area contributed by atoms with E-state index < -0.39 is 0 Å². The quantitative estimate of drug-likeness (QED) is 0.814. The Kier molecular flexibility index (Phi) is 3.59. The smallest absolute Gasteiger partial charge is 0.148 e. The fourth-order valence-corrected chi connectivity index (χ4v) is 1.90. The van der Waals surface area contributed by atoms with E-state index in [4.69, 9.17) is 5.26 Å². The zero-order chi connectivity index (χ0) is 13.0. The van der Waals surface area contributed by atoms with Crippen molar-refractivity contribution in [3.8, 4) is 6.07 Å². The molecule has 0 saturated heterocycles. The number of hydrogen-bond donors (Lipinski definition) is 0. The summed E-state index contributed by atoms with van der Waals surface area (Å²) in [7, 11) is 0. The van der Waals surface area contributed by atoms with Gasteiger partial charge in [0.15, 0.2) is 0 Å². The molecule has 0 atom stereocenters. The van der Waals surface area contributed by atoms with Crippen molar-refractivity contribution in [3.05, 3.63) is 59.9 Å². The number of rotatable bonds is 3. The minimum absolute atomic E-state index is 0.334. The normalized spacial score (nSPS) is 9.83. The third-order valence-corrected chi connectivity index (χ3v) is 2.75. The first-order valence-electron chi connectivity index (χ1n) is 5.78. The molecule has 0 radical (unpaired) electrons. The summed E-state index contributed by atoms with van der Waals surface area (Å²) >= 11 is 0. The summed E-state index contributed by atoms with van der Waals surface area (Å²) in [4.78, 5) is 1.87. The highest BCUT2D eigenvalue weighted by Gasteiger charge is 2.12. The van der Waals surface area contributed by atoms with Crippen LogP contribution in [0.25, 0.3) is 0 Å². The third kappa shape index (κ3) is 2.33. The van der Waals surface area contributed by atoms with Crippen LogP contribution >= 0.6 is 0 Å². The zero-order valence-corrected chi connectivity index (χ0v) is 10.1. The molecule has 2 aromatic carbocycles. The van der Waals surface area contributed by atoms with Crippen LogP contribution in [-0.2, 0) is 0 Å². The molecule has 2 rings (SSSR count). The highest BCUT2D eigenvalue weighted by molar-refractivity contribution is 5.64. The van der Waals surface area contributed by atoms with Crippen molar-refractivity contribution < 1.29 is 4.39 Å². The molecule has 90 valence electrons. The monoisotopic (exact) mass is 240 g/mol. The van der Waals surface area contributed by atoms with Gasteiger partial charge in [0.1, 0.15) is 5.82 Å². The van der Waals surface area contributed by atoms with Gasteiger partial charge >= 0.3 is 0 Å². The van der Waals surface area contributed by atoms with Gasteiger partial charge in [-0.1, -0.05) is 18.2 Å². The Bertz CT molecular complexity index is 573. The van der Waals surface area contributed by atoms with Gasteiger partial charge in [0.25, 0.3) is 0 Å². The number of nitriles is 1. The Morgan fingerprint density at radius 3 is 2.44 bits per heavy atom. The lowest BCUT2D eigenvalue weighted by Crippen LogP contribution is -2.17. The van der Waals surface area contributed by atoms with E-state index in [1.54, 1.807) is 12.1 Å². The number of nitrogens with zero attached hydrogens (tertiary/aromatic N) is 2. The summed E-state index contributed by atoms with van der Waals surface area (Å²) in [6.45, 7) is 2.62. The van der Waals surface area contributed by atoms with E-state index in [2.05, 4.69) is 0 Å². The van der Waals surface area contributed by atoms with E-state index in [0.29, 0.717) is 17.8 Å². The van der Waals surface area contributed by atoms with E-state index in [-0.39, 0.29) is 5.82 Å². The minimum Gasteiger partial charge on any atom is -0.339 e. The zero-order valence-electron chi connectivity index (χ0n) is 10.1. The molecule has 18 heavy (non-hydrogen) atoms. The van der Waals surface area contributed by atoms with Gasteiger partial charge in [0.2, 0.25) is 0 Å². The lowest BCUT2D eigenvalue weighted by molar-refractivity contribution is 0.625. The fourth-order valence-electron chi connectivity index (χ4n) is 1.90. The molecule has 0 aliphatic carbocycles. The Labute approximate surface area is 106 Å². The van der Waals surface area contributed by atoms with Crippen molar-refractivity contribution in [2.24, 2.45) is 0 Å². The molecule has 0 amide bonds. The molecule has 2 aromatic rings. The summed E-state index contributed by atoms with van der Waals surface area (Å²) in [5, 5.41) is 8.74. The van der Waals surface area contributed by atoms with Crippen molar-refractivity contribution in [3.63, 3.8) is 0 Å². The number of hydrogen-bond acceptors (Lipinski definition) is 2. The molecule has 0 bridgehead atoms. The predicted octanol–water partition coefficient (Wildman–Crippen LogP) is 3.86. The van der Waals surface area contributed by atoms with Gasteiger partial charge in [-0.15, -0.1) is 0 Å². The maximum absolute atomic E-state index is 14.0. The van der Waals surface area contributed by atoms with Gasteiger partial charge in [-0.25, -0.2) is 4.39 Å². The van der Waals surface area contributed by atoms with Crippen LogP contribution in [0.5, 0.6) is 0 Å². The molecular formula is C15H13FN2. The van der Waals surface area contributed by atoms with Crippen molar-refractivity contribution in [1.29, 1.82) is 5.26 Å². The van der Waals surface area contributed by atoms with E-state index in [1.807, 2.05) is 48.2 Å². The van der Waals surface area contributed by atoms with Crippen LogP contribution in [-0.4, -0.2) is 6.54 Å². The van der Waals surface area contributed by atoms with Gasteiger partial charge in [-0.3, -0.25) is 0 Å². The molecular weight excluding hydrogens is 227 g/mol. The number of benzene rings is 2. The SMILES string of the molecule is CCN(c1ccccc1)c1ccc(C#N)cc1F. The second kappa shape index (κ2) is 5.33. The third-order valence-electron chi connectivity index (χ3n) is 2.75. The molecule has 0 aromatic heterocycles. The Morgan fingerprint density at radius 2 is 1.89 bits per heavy atom. The van der Waals surface area contributed by atoms with Crippen LogP contribution in [0, 0.1) is 17.1 Å². The summed E-state index contributed by atoms with van der Waals surface area (Å²) in [6, 6.07) is 16.1. The second-order valence-corrected chi connectivity index (χ2v) is 3.86. The fraction of sp³-hybridized carbons (Fsp3) is 0.133. The number of halogens is 1. The van der Waals surface area contributed by atoms with Crippen molar-refractivity contribution >= 4 is 11.4 Å².